The molecule has 100 valence electrons. The molecule has 1 aliphatic carbocycles. The van der Waals surface area contributed by atoms with E-state index in [0.29, 0.717) is 18.5 Å². The first-order valence-electron chi connectivity index (χ1n) is 7.10. The van der Waals surface area contributed by atoms with Crippen LogP contribution >= 0.6 is 0 Å². The summed E-state index contributed by atoms with van der Waals surface area (Å²) in [5, 5.41) is 12.9. The molecule has 0 radical (unpaired) electrons. The van der Waals surface area contributed by atoms with Crippen molar-refractivity contribution >= 4 is 5.91 Å². The van der Waals surface area contributed by atoms with Crippen LogP contribution in [0.4, 0.5) is 0 Å². The highest BCUT2D eigenvalue weighted by Crippen LogP contribution is 2.24. The molecule has 3 unspecified atom stereocenters. The number of nitrogens with zero attached hydrogens (tertiary/aromatic N) is 2. The van der Waals surface area contributed by atoms with Gasteiger partial charge in [-0.1, -0.05) is 19.3 Å². The van der Waals surface area contributed by atoms with Crippen LogP contribution in [0, 0.1) is 17.2 Å². The van der Waals surface area contributed by atoms with Gasteiger partial charge in [-0.25, -0.2) is 0 Å². The van der Waals surface area contributed by atoms with Gasteiger partial charge in [0.15, 0.2) is 0 Å². The zero-order valence-corrected chi connectivity index (χ0v) is 11.2. The second-order valence-corrected chi connectivity index (χ2v) is 5.66. The first-order chi connectivity index (χ1) is 8.70. The lowest BCUT2D eigenvalue weighted by molar-refractivity contribution is -0.132. The number of carbonyl (C=O) groups excluding carboxylic acids is 1. The summed E-state index contributed by atoms with van der Waals surface area (Å²) in [6.07, 6.45) is 7.33. The van der Waals surface area contributed by atoms with Crippen molar-refractivity contribution in [2.24, 2.45) is 5.92 Å². The molecule has 1 amide bonds. The molecule has 1 saturated heterocycles. The van der Waals surface area contributed by atoms with Crippen molar-refractivity contribution in [1.82, 2.24) is 10.2 Å². The van der Waals surface area contributed by atoms with Crippen molar-refractivity contribution in [2.75, 3.05) is 13.6 Å². The third-order valence-electron chi connectivity index (χ3n) is 4.26. The Hall–Kier alpha value is -1.08. The lowest BCUT2D eigenvalue weighted by Gasteiger charge is -2.34. The zero-order valence-electron chi connectivity index (χ0n) is 11.2. The van der Waals surface area contributed by atoms with Gasteiger partial charge in [-0.05, 0) is 19.3 Å². The smallest absolute Gasteiger partial charge is 0.222 e. The Morgan fingerprint density at radius 1 is 1.28 bits per heavy atom. The van der Waals surface area contributed by atoms with Crippen molar-refractivity contribution in [1.29, 1.82) is 5.26 Å². The average Bonchev–Trinajstić information content (AvgIpc) is 2.59. The largest absolute Gasteiger partial charge is 0.344 e. The molecule has 2 rings (SSSR count). The van der Waals surface area contributed by atoms with E-state index in [9.17, 15) is 10.1 Å². The van der Waals surface area contributed by atoms with Crippen LogP contribution in [0.1, 0.15) is 44.9 Å². The monoisotopic (exact) mass is 249 g/mol. The Bertz CT molecular complexity index is 336. The van der Waals surface area contributed by atoms with E-state index in [1.54, 1.807) is 4.90 Å². The van der Waals surface area contributed by atoms with Crippen molar-refractivity contribution in [3.05, 3.63) is 0 Å². The van der Waals surface area contributed by atoms with E-state index < -0.39 is 0 Å². The first kappa shape index (κ1) is 13.4. The van der Waals surface area contributed by atoms with Crippen molar-refractivity contribution in [3.63, 3.8) is 0 Å². The summed E-state index contributed by atoms with van der Waals surface area (Å²) in [5.74, 6) is 0.390. The second kappa shape index (κ2) is 6.19. The molecule has 0 bridgehead atoms. The van der Waals surface area contributed by atoms with Crippen LogP contribution in [-0.2, 0) is 4.79 Å². The topological polar surface area (TPSA) is 56.1 Å². The van der Waals surface area contributed by atoms with Crippen LogP contribution in [0.5, 0.6) is 0 Å². The number of piperidine rings is 1. The van der Waals surface area contributed by atoms with Crippen molar-refractivity contribution in [3.8, 4) is 6.07 Å². The molecular weight excluding hydrogens is 226 g/mol. The normalized spacial score (nSPS) is 33.9. The summed E-state index contributed by atoms with van der Waals surface area (Å²) in [6, 6.07) is 3.15. The number of nitriles is 1. The average molecular weight is 249 g/mol. The molecule has 0 aromatic rings. The summed E-state index contributed by atoms with van der Waals surface area (Å²) < 4.78 is 0. The number of hydrogen-bond acceptors (Lipinski definition) is 3. The molecule has 2 fully saturated rings. The van der Waals surface area contributed by atoms with Gasteiger partial charge in [0.05, 0.1) is 12.0 Å². The Morgan fingerprint density at radius 2 is 2.06 bits per heavy atom. The number of rotatable bonds is 2. The van der Waals surface area contributed by atoms with Crippen LogP contribution in [0.15, 0.2) is 0 Å². The maximum Gasteiger partial charge on any atom is 0.222 e. The molecular formula is C14H23N3O. The fourth-order valence-electron chi connectivity index (χ4n) is 3.11. The van der Waals surface area contributed by atoms with Crippen LogP contribution in [-0.4, -0.2) is 36.5 Å². The number of carbonyl (C=O) groups is 1. The van der Waals surface area contributed by atoms with E-state index >= 15 is 0 Å². The fourth-order valence-corrected chi connectivity index (χ4v) is 3.11. The van der Waals surface area contributed by atoms with Crippen LogP contribution < -0.4 is 5.32 Å². The summed E-state index contributed by atoms with van der Waals surface area (Å²) in [4.78, 5) is 13.3. The molecule has 18 heavy (non-hydrogen) atoms. The maximum absolute atomic E-state index is 11.5. The highest BCUT2D eigenvalue weighted by Gasteiger charge is 2.29. The number of likely N-dealkylation sites (tertiary alicyclic amines) is 1. The lowest BCUT2D eigenvalue weighted by atomic mass is 9.94. The van der Waals surface area contributed by atoms with Gasteiger partial charge in [-0.3, -0.25) is 4.79 Å². The molecule has 0 aromatic heterocycles. The minimum Gasteiger partial charge on any atom is -0.344 e. The molecule has 4 heteroatoms. The Kier molecular flexibility index (Phi) is 4.60. The quantitative estimate of drug-likeness (QED) is 0.757. The Balaban J connectivity index is 1.91. The molecule has 0 aromatic carbocycles. The first-order valence-corrected chi connectivity index (χ1v) is 7.10. The van der Waals surface area contributed by atoms with E-state index in [4.69, 9.17) is 0 Å². The fraction of sp³-hybridized carbons (Fsp3) is 0.857. The number of nitrogens with one attached hydrogen (secondary N) is 1. The standard InChI is InChI=1S/C14H23N3O/c1-17-10-12(7-8-14(17)18)16-13-6-4-2-3-5-11(13)9-15/h11-13,16H,2-8,10H2,1H3. The van der Waals surface area contributed by atoms with E-state index in [1.165, 1.54) is 19.3 Å². The molecule has 0 spiro atoms. The van der Waals surface area contributed by atoms with Gasteiger partial charge in [0, 0.05) is 32.1 Å². The third kappa shape index (κ3) is 3.23. The zero-order chi connectivity index (χ0) is 13.0. The number of amides is 1. The minimum atomic E-state index is 0.149. The molecule has 1 saturated carbocycles. The molecule has 3 atom stereocenters. The van der Waals surface area contributed by atoms with E-state index in [1.807, 2.05) is 7.05 Å². The van der Waals surface area contributed by atoms with E-state index in [2.05, 4.69) is 11.4 Å². The summed E-state index contributed by atoms with van der Waals surface area (Å²) in [7, 11) is 1.87. The van der Waals surface area contributed by atoms with Gasteiger partial charge < -0.3 is 10.2 Å². The van der Waals surface area contributed by atoms with Crippen molar-refractivity contribution in [2.45, 2.75) is 57.0 Å². The predicted octanol–water partition coefficient (Wildman–Crippen LogP) is 1.67. The minimum absolute atomic E-state index is 0.149. The Morgan fingerprint density at radius 3 is 2.78 bits per heavy atom. The highest BCUT2D eigenvalue weighted by molar-refractivity contribution is 5.76. The van der Waals surface area contributed by atoms with Crippen LogP contribution in [0.3, 0.4) is 0 Å². The summed E-state index contributed by atoms with van der Waals surface area (Å²) in [6.45, 7) is 0.785. The van der Waals surface area contributed by atoms with Gasteiger partial charge >= 0.3 is 0 Å². The lowest BCUT2D eigenvalue weighted by Crippen LogP contribution is -2.51. The van der Waals surface area contributed by atoms with Crippen molar-refractivity contribution < 1.29 is 4.79 Å². The number of hydrogen-bond donors (Lipinski definition) is 1. The van der Waals surface area contributed by atoms with Crippen LogP contribution in [0.25, 0.3) is 0 Å². The molecule has 1 aliphatic heterocycles. The number of likely N-dealkylation sites (N-methyl/N-ethyl adjacent to an activating group) is 1. The van der Waals surface area contributed by atoms with Gasteiger partial charge in [0.1, 0.15) is 0 Å². The Labute approximate surface area is 109 Å². The van der Waals surface area contributed by atoms with E-state index in [0.717, 1.165) is 25.8 Å². The molecule has 2 aliphatic rings. The second-order valence-electron chi connectivity index (χ2n) is 5.66. The maximum atomic E-state index is 11.5. The SMILES string of the molecule is CN1CC(NC2CCCCCC2C#N)CCC1=O. The van der Waals surface area contributed by atoms with Gasteiger partial charge in [-0.15, -0.1) is 0 Å². The highest BCUT2D eigenvalue weighted by atomic mass is 16.2. The third-order valence-corrected chi connectivity index (χ3v) is 4.26. The van der Waals surface area contributed by atoms with Gasteiger partial charge in [-0.2, -0.15) is 5.26 Å². The predicted molar refractivity (Wildman–Crippen MR) is 69.8 cm³/mol. The molecule has 1 heterocycles. The summed E-state index contributed by atoms with van der Waals surface area (Å²) >= 11 is 0. The molecule has 1 N–H and O–H groups in total. The van der Waals surface area contributed by atoms with E-state index in [-0.39, 0.29) is 11.8 Å². The van der Waals surface area contributed by atoms with Crippen LogP contribution in [0.2, 0.25) is 0 Å². The molecule has 4 nitrogen and oxygen atoms in total. The van der Waals surface area contributed by atoms with Gasteiger partial charge in [0.25, 0.3) is 0 Å². The summed E-state index contributed by atoms with van der Waals surface area (Å²) in [5.41, 5.74) is 0. The van der Waals surface area contributed by atoms with Gasteiger partial charge in [0.2, 0.25) is 5.91 Å².